The van der Waals surface area contributed by atoms with E-state index in [9.17, 15) is 24.9 Å². The summed E-state index contributed by atoms with van der Waals surface area (Å²) in [7, 11) is 0. The number of pyridine rings is 1. The summed E-state index contributed by atoms with van der Waals surface area (Å²) < 4.78 is 0. The fourth-order valence-electron chi connectivity index (χ4n) is 4.69. The number of carbonyl (C=O) groups excluding carboxylic acids is 2. The molecule has 0 aliphatic carbocycles. The van der Waals surface area contributed by atoms with Crippen LogP contribution in [0.3, 0.4) is 0 Å². The summed E-state index contributed by atoms with van der Waals surface area (Å²) in [6, 6.07) is 19.2. The standard InChI is InChI=1S/C30H30N6O5/c1-2-21(19-9-4-3-5-10-19)32-24-25(28(39)34-27(24)38)33-22-13-8-11-20(26(22)37)29(40)35-15-17-36(18-16-35)30(41)23-12-6-7-14-31-23/h3-14,33-34,37-39H,2,15-18H2,1H3. The Morgan fingerprint density at radius 2 is 1.56 bits per heavy atom. The zero-order valence-corrected chi connectivity index (χ0v) is 22.4. The van der Waals surface area contributed by atoms with Gasteiger partial charge in [0.25, 0.3) is 11.8 Å². The van der Waals surface area contributed by atoms with E-state index in [0.717, 1.165) is 5.56 Å². The number of hydrogen-bond donors (Lipinski definition) is 5. The monoisotopic (exact) mass is 554 g/mol. The maximum Gasteiger partial charge on any atom is 0.272 e. The van der Waals surface area contributed by atoms with E-state index in [1.807, 2.05) is 37.3 Å². The van der Waals surface area contributed by atoms with Crippen LogP contribution in [0.5, 0.6) is 17.5 Å². The Morgan fingerprint density at radius 3 is 2.22 bits per heavy atom. The van der Waals surface area contributed by atoms with Crippen molar-refractivity contribution >= 4 is 34.6 Å². The van der Waals surface area contributed by atoms with E-state index in [-0.39, 0.29) is 46.0 Å². The molecule has 2 aromatic carbocycles. The van der Waals surface area contributed by atoms with Crippen LogP contribution >= 0.6 is 0 Å². The van der Waals surface area contributed by atoms with Crippen LogP contribution in [0.25, 0.3) is 0 Å². The molecule has 1 aliphatic heterocycles. The van der Waals surface area contributed by atoms with E-state index in [2.05, 4.69) is 20.3 Å². The fraction of sp³-hybridized carbons (Fsp3) is 0.200. The van der Waals surface area contributed by atoms with E-state index in [1.54, 1.807) is 46.3 Å². The highest BCUT2D eigenvalue weighted by molar-refractivity contribution is 6.04. The molecule has 210 valence electrons. The number of H-pyrrole nitrogens is 1. The number of aliphatic imine (C=N–C) groups is 1. The summed E-state index contributed by atoms with van der Waals surface area (Å²) in [6.07, 6.45) is 2.12. The molecule has 1 aliphatic rings. The van der Waals surface area contributed by atoms with Gasteiger partial charge >= 0.3 is 0 Å². The molecule has 1 fully saturated rings. The molecule has 1 saturated heterocycles. The minimum atomic E-state index is -0.396. The molecule has 5 N–H and O–H groups in total. The van der Waals surface area contributed by atoms with Crippen molar-refractivity contribution < 1.29 is 24.9 Å². The second-order valence-electron chi connectivity index (χ2n) is 9.45. The predicted octanol–water partition coefficient (Wildman–Crippen LogP) is 4.40. The average Bonchev–Trinajstić information content (AvgIpc) is 3.27. The lowest BCUT2D eigenvalue weighted by Crippen LogP contribution is -2.50. The van der Waals surface area contributed by atoms with Crippen LogP contribution in [-0.4, -0.2) is 78.8 Å². The Balaban J connectivity index is 1.34. The Hall–Kier alpha value is -5.32. The lowest BCUT2D eigenvalue weighted by Gasteiger charge is -2.34. The third-order valence-electron chi connectivity index (χ3n) is 6.89. The van der Waals surface area contributed by atoms with Gasteiger partial charge in [-0.2, -0.15) is 0 Å². The summed E-state index contributed by atoms with van der Waals surface area (Å²) in [4.78, 5) is 40.4. The predicted molar refractivity (Wildman–Crippen MR) is 154 cm³/mol. The van der Waals surface area contributed by atoms with Crippen LogP contribution in [0.1, 0.15) is 39.8 Å². The Morgan fingerprint density at radius 1 is 0.878 bits per heavy atom. The lowest BCUT2D eigenvalue weighted by molar-refractivity contribution is 0.0530. The lowest BCUT2D eigenvalue weighted by atomic mass is 10.1. The largest absolute Gasteiger partial charge is 0.505 e. The average molecular weight is 555 g/mol. The molecule has 0 atom stereocenters. The van der Waals surface area contributed by atoms with Gasteiger partial charge in [-0.25, -0.2) is 4.99 Å². The zero-order valence-electron chi connectivity index (χ0n) is 22.4. The van der Waals surface area contributed by atoms with Crippen LogP contribution in [0.2, 0.25) is 0 Å². The molecule has 2 aromatic heterocycles. The molecule has 11 heteroatoms. The highest BCUT2D eigenvalue weighted by Crippen LogP contribution is 2.45. The number of hydrogen-bond acceptors (Lipinski definition) is 8. The minimum absolute atomic E-state index is 0.0472. The van der Waals surface area contributed by atoms with Gasteiger partial charge in [-0.15, -0.1) is 0 Å². The number of aromatic nitrogens is 2. The Labute approximate surface area is 236 Å². The van der Waals surface area contributed by atoms with Gasteiger partial charge in [0, 0.05) is 38.1 Å². The molecule has 2 amide bonds. The molecule has 0 unspecified atom stereocenters. The van der Waals surface area contributed by atoms with E-state index in [1.165, 1.54) is 6.07 Å². The van der Waals surface area contributed by atoms with Crippen molar-refractivity contribution in [3.05, 3.63) is 89.7 Å². The summed E-state index contributed by atoms with van der Waals surface area (Å²) in [5.74, 6) is -1.64. The summed E-state index contributed by atoms with van der Waals surface area (Å²) in [5, 5.41) is 35.0. The summed E-state index contributed by atoms with van der Waals surface area (Å²) in [6.45, 7) is 3.17. The molecule has 0 bridgehead atoms. The zero-order chi connectivity index (χ0) is 28.9. The van der Waals surface area contributed by atoms with Crippen LogP contribution < -0.4 is 5.32 Å². The Kier molecular flexibility index (Phi) is 7.86. The number of piperazine rings is 1. The number of nitrogens with zero attached hydrogens (tertiary/aromatic N) is 4. The number of phenols is 1. The number of nitrogens with one attached hydrogen (secondary N) is 2. The molecule has 0 saturated carbocycles. The summed E-state index contributed by atoms with van der Waals surface area (Å²) in [5.41, 5.74) is 2.20. The first-order valence-corrected chi connectivity index (χ1v) is 13.2. The molecule has 4 aromatic rings. The van der Waals surface area contributed by atoms with Gasteiger partial charge < -0.3 is 30.4 Å². The van der Waals surface area contributed by atoms with E-state index >= 15 is 0 Å². The van der Waals surface area contributed by atoms with Crippen LogP contribution in [-0.2, 0) is 0 Å². The molecule has 5 rings (SSSR count). The quantitative estimate of drug-likeness (QED) is 0.168. The van der Waals surface area contributed by atoms with Crippen molar-refractivity contribution in [1.29, 1.82) is 0 Å². The van der Waals surface area contributed by atoms with Gasteiger partial charge in [0.2, 0.25) is 11.8 Å². The third-order valence-corrected chi connectivity index (χ3v) is 6.89. The van der Waals surface area contributed by atoms with E-state index in [4.69, 9.17) is 0 Å². The van der Waals surface area contributed by atoms with E-state index < -0.39 is 5.91 Å². The van der Waals surface area contributed by atoms with Crippen molar-refractivity contribution in [3.8, 4) is 17.5 Å². The van der Waals surface area contributed by atoms with Crippen molar-refractivity contribution in [1.82, 2.24) is 19.8 Å². The number of carbonyl (C=O) groups is 2. The molecule has 0 spiro atoms. The minimum Gasteiger partial charge on any atom is -0.505 e. The van der Waals surface area contributed by atoms with Crippen molar-refractivity contribution in [2.45, 2.75) is 13.3 Å². The molecule has 0 radical (unpaired) electrons. The molecule has 11 nitrogen and oxygen atoms in total. The number of para-hydroxylation sites is 1. The maximum absolute atomic E-state index is 13.4. The first-order valence-electron chi connectivity index (χ1n) is 13.2. The van der Waals surface area contributed by atoms with Gasteiger partial charge in [-0.05, 0) is 36.2 Å². The van der Waals surface area contributed by atoms with Gasteiger partial charge in [0.05, 0.1) is 11.3 Å². The number of aromatic amines is 1. The number of aromatic hydroxyl groups is 3. The number of rotatable bonds is 7. The Bertz CT molecular complexity index is 1580. The normalized spacial score (nSPS) is 13.7. The first-order chi connectivity index (χ1) is 19.9. The molecular formula is C30H30N6O5. The first kappa shape index (κ1) is 27.3. The van der Waals surface area contributed by atoms with Gasteiger partial charge in [0.15, 0.2) is 11.4 Å². The SMILES string of the molecule is CCC(=Nc1c(O)[nH]c(O)c1Nc1cccc(C(=O)N2CCN(C(=O)c3ccccn3)CC2)c1O)c1ccccc1. The smallest absolute Gasteiger partial charge is 0.272 e. The molecule has 41 heavy (non-hydrogen) atoms. The molecular weight excluding hydrogens is 524 g/mol. The third kappa shape index (κ3) is 5.69. The van der Waals surface area contributed by atoms with Crippen molar-refractivity contribution in [3.63, 3.8) is 0 Å². The second kappa shape index (κ2) is 11.8. The maximum atomic E-state index is 13.4. The highest BCUT2D eigenvalue weighted by atomic mass is 16.3. The number of amides is 2. The number of phenolic OH excluding ortho intramolecular Hbond substituents is 1. The van der Waals surface area contributed by atoms with Crippen LogP contribution in [0.15, 0.2) is 77.9 Å². The van der Waals surface area contributed by atoms with Gasteiger partial charge in [-0.3, -0.25) is 19.6 Å². The summed E-state index contributed by atoms with van der Waals surface area (Å²) >= 11 is 0. The van der Waals surface area contributed by atoms with Crippen LogP contribution in [0.4, 0.5) is 17.1 Å². The van der Waals surface area contributed by atoms with E-state index in [0.29, 0.717) is 44.0 Å². The molecule has 3 heterocycles. The number of anilines is 2. The number of benzene rings is 2. The van der Waals surface area contributed by atoms with Gasteiger partial charge in [0.1, 0.15) is 11.4 Å². The van der Waals surface area contributed by atoms with Gasteiger partial charge in [-0.1, -0.05) is 49.4 Å². The fourth-order valence-corrected chi connectivity index (χ4v) is 4.69. The highest BCUT2D eigenvalue weighted by Gasteiger charge is 2.28. The topological polar surface area (TPSA) is 154 Å². The van der Waals surface area contributed by atoms with Crippen molar-refractivity contribution in [2.75, 3.05) is 31.5 Å². The van der Waals surface area contributed by atoms with Crippen LogP contribution in [0, 0.1) is 0 Å². The second-order valence-corrected chi connectivity index (χ2v) is 9.45. The van der Waals surface area contributed by atoms with Crippen molar-refractivity contribution in [2.24, 2.45) is 4.99 Å².